The molecule has 1 rings (SSSR count). The van der Waals surface area contributed by atoms with E-state index in [4.69, 9.17) is 4.74 Å². The number of nitrogens with one attached hydrogen (secondary N) is 1. The average Bonchev–Trinajstić information content (AvgIpc) is 2.75. The predicted octanol–water partition coefficient (Wildman–Crippen LogP) is 2.97. The van der Waals surface area contributed by atoms with Crippen LogP contribution in [0.4, 0.5) is 0 Å². The van der Waals surface area contributed by atoms with E-state index in [-0.39, 0.29) is 0 Å². The quantitative estimate of drug-likeness (QED) is 0.595. The highest BCUT2D eigenvalue weighted by atomic mass is 16.5. The Kier molecular flexibility index (Phi) is 7.94. The number of hydrogen-bond donors (Lipinski definition) is 1. The highest BCUT2D eigenvalue weighted by Crippen LogP contribution is 2.09. The average molecular weight is 213 g/mol. The molecule has 0 aromatic heterocycles. The van der Waals surface area contributed by atoms with Crippen LogP contribution < -0.4 is 5.32 Å². The van der Waals surface area contributed by atoms with Crippen molar-refractivity contribution in [1.82, 2.24) is 5.32 Å². The first-order valence-electron chi connectivity index (χ1n) is 6.72. The first-order chi connectivity index (χ1) is 7.43. The van der Waals surface area contributed by atoms with E-state index in [0.717, 1.165) is 25.7 Å². The number of hydrogen-bond acceptors (Lipinski definition) is 2. The van der Waals surface area contributed by atoms with Crippen LogP contribution in [0.3, 0.4) is 0 Å². The molecule has 0 saturated carbocycles. The van der Waals surface area contributed by atoms with E-state index in [2.05, 4.69) is 12.2 Å². The maximum atomic E-state index is 5.68. The van der Waals surface area contributed by atoms with Gasteiger partial charge in [-0.2, -0.15) is 0 Å². The minimum atomic E-state index is 0.782. The topological polar surface area (TPSA) is 21.3 Å². The third-order valence-electron chi connectivity index (χ3n) is 3.16. The van der Waals surface area contributed by atoms with Gasteiger partial charge in [0.15, 0.2) is 0 Å². The van der Waals surface area contributed by atoms with E-state index >= 15 is 0 Å². The van der Waals surface area contributed by atoms with Crippen LogP contribution in [0.25, 0.3) is 0 Å². The molecule has 1 atom stereocenters. The molecule has 1 aliphatic heterocycles. The molecule has 0 radical (unpaired) electrons. The van der Waals surface area contributed by atoms with Gasteiger partial charge in [0, 0.05) is 13.2 Å². The zero-order chi connectivity index (χ0) is 10.8. The van der Waals surface area contributed by atoms with E-state index < -0.39 is 0 Å². The minimum absolute atomic E-state index is 0.782. The SMILES string of the molecule is CCCCCCCCOCC1CCNC1. The van der Waals surface area contributed by atoms with Crippen molar-refractivity contribution in [3.63, 3.8) is 0 Å². The largest absolute Gasteiger partial charge is 0.381 e. The lowest BCUT2D eigenvalue weighted by molar-refractivity contribution is 0.101. The molecular formula is C13H27NO. The Morgan fingerprint density at radius 3 is 2.67 bits per heavy atom. The summed E-state index contributed by atoms with van der Waals surface area (Å²) in [4.78, 5) is 0. The summed E-state index contributed by atoms with van der Waals surface area (Å²) < 4.78 is 5.68. The monoisotopic (exact) mass is 213 g/mol. The molecule has 1 heterocycles. The van der Waals surface area contributed by atoms with Gasteiger partial charge in [-0.3, -0.25) is 0 Å². The fourth-order valence-corrected chi connectivity index (χ4v) is 2.09. The van der Waals surface area contributed by atoms with Crippen molar-refractivity contribution in [3.05, 3.63) is 0 Å². The molecule has 1 fully saturated rings. The second-order valence-corrected chi connectivity index (χ2v) is 4.70. The van der Waals surface area contributed by atoms with Gasteiger partial charge in [-0.1, -0.05) is 39.0 Å². The molecular weight excluding hydrogens is 186 g/mol. The Morgan fingerprint density at radius 1 is 1.13 bits per heavy atom. The lowest BCUT2D eigenvalue weighted by atomic mass is 10.1. The minimum Gasteiger partial charge on any atom is -0.381 e. The molecule has 0 aliphatic carbocycles. The highest BCUT2D eigenvalue weighted by molar-refractivity contribution is 4.70. The van der Waals surface area contributed by atoms with Gasteiger partial charge in [-0.25, -0.2) is 0 Å². The molecule has 90 valence electrons. The van der Waals surface area contributed by atoms with Gasteiger partial charge in [0.25, 0.3) is 0 Å². The Balaban J connectivity index is 1.73. The van der Waals surface area contributed by atoms with E-state index in [1.807, 2.05) is 0 Å². The molecule has 0 aromatic rings. The maximum absolute atomic E-state index is 5.68. The molecule has 1 unspecified atom stereocenters. The lowest BCUT2D eigenvalue weighted by Crippen LogP contribution is -2.14. The van der Waals surface area contributed by atoms with Crippen LogP contribution in [0, 0.1) is 5.92 Å². The highest BCUT2D eigenvalue weighted by Gasteiger charge is 2.13. The smallest absolute Gasteiger partial charge is 0.0506 e. The van der Waals surface area contributed by atoms with Crippen molar-refractivity contribution >= 4 is 0 Å². The van der Waals surface area contributed by atoms with Crippen molar-refractivity contribution < 1.29 is 4.74 Å². The van der Waals surface area contributed by atoms with Crippen LogP contribution >= 0.6 is 0 Å². The van der Waals surface area contributed by atoms with Gasteiger partial charge < -0.3 is 10.1 Å². The van der Waals surface area contributed by atoms with Crippen LogP contribution in [0.15, 0.2) is 0 Å². The molecule has 1 N–H and O–H groups in total. The van der Waals surface area contributed by atoms with E-state index in [0.29, 0.717) is 0 Å². The van der Waals surface area contributed by atoms with Crippen molar-refractivity contribution in [2.45, 2.75) is 51.9 Å². The molecule has 15 heavy (non-hydrogen) atoms. The van der Waals surface area contributed by atoms with Crippen molar-refractivity contribution in [2.75, 3.05) is 26.3 Å². The van der Waals surface area contributed by atoms with Crippen LogP contribution in [-0.4, -0.2) is 26.3 Å². The summed E-state index contributed by atoms with van der Waals surface area (Å²) in [6.07, 6.45) is 9.44. The first kappa shape index (κ1) is 13.0. The Morgan fingerprint density at radius 2 is 1.93 bits per heavy atom. The Hall–Kier alpha value is -0.0800. The maximum Gasteiger partial charge on any atom is 0.0506 e. The van der Waals surface area contributed by atoms with Gasteiger partial charge in [-0.15, -0.1) is 0 Å². The van der Waals surface area contributed by atoms with Gasteiger partial charge in [-0.05, 0) is 25.3 Å². The van der Waals surface area contributed by atoms with E-state index in [1.54, 1.807) is 0 Å². The van der Waals surface area contributed by atoms with Crippen molar-refractivity contribution in [3.8, 4) is 0 Å². The second-order valence-electron chi connectivity index (χ2n) is 4.70. The summed E-state index contributed by atoms with van der Waals surface area (Å²) in [5.41, 5.74) is 0. The fourth-order valence-electron chi connectivity index (χ4n) is 2.09. The first-order valence-corrected chi connectivity index (χ1v) is 6.72. The van der Waals surface area contributed by atoms with E-state index in [9.17, 15) is 0 Å². The number of ether oxygens (including phenoxy) is 1. The van der Waals surface area contributed by atoms with Crippen LogP contribution in [-0.2, 0) is 4.74 Å². The lowest BCUT2D eigenvalue weighted by Gasteiger charge is -2.08. The van der Waals surface area contributed by atoms with E-state index in [1.165, 1.54) is 51.5 Å². The zero-order valence-electron chi connectivity index (χ0n) is 10.3. The fraction of sp³-hybridized carbons (Fsp3) is 1.00. The van der Waals surface area contributed by atoms with Crippen molar-refractivity contribution in [1.29, 1.82) is 0 Å². The molecule has 0 bridgehead atoms. The zero-order valence-corrected chi connectivity index (χ0v) is 10.3. The summed E-state index contributed by atoms with van der Waals surface area (Å²) >= 11 is 0. The molecule has 2 nitrogen and oxygen atoms in total. The second kappa shape index (κ2) is 9.17. The Labute approximate surface area is 94.8 Å². The normalized spacial score (nSPS) is 21.0. The number of rotatable bonds is 9. The standard InChI is InChI=1S/C13H27NO/c1-2-3-4-5-6-7-10-15-12-13-8-9-14-11-13/h13-14H,2-12H2,1H3. The summed E-state index contributed by atoms with van der Waals surface area (Å²) in [5, 5.41) is 3.37. The summed E-state index contributed by atoms with van der Waals surface area (Å²) in [6.45, 7) is 6.56. The molecule has 0 amide bonds. The van der Waals surface area contributed by atoms with Gasteiger partial charge >= 0.3 is 0 Å². The van der Waals surface area contributed by atoms with Gasteiger partial charge in [0.1, 0.15) is 0 Å². The summed E-state index contributed by atoms with van der Waals surface area (Å²) in [5.74, 6) is 0.782. The predicted molar refractivity (Wildman–Crippen MR) is 65.2 cm³/mol. The van der Waals surface area contributed by atoms with Crippen LogP contribution in [0.1, 0.15) is 51.9 Å². The third-order valence-corrected chi connectivity index (χ3v) is 3.16. The van der Waals surface area contributed by atoms with Crippen molar-refractivity contribution in [2.24, 2.45) is 5.92 Å². The Bertz CT molecular complexity index is 132. The molecule has 0 spiro atoms. The molecule has 0 aromatic carbocycles. The molecule has 2 heteroatoms. The van der Waals surface area contributed by atoms with Crippen LogP contribution in [0.2, 0.25) is 0 Å². The summed E-state index contributed by atoms with van der Waals surface area (Å²) in [6, 6.07) is 0. The third kappa shape index (κ3) is 6.91. The number of unbranched alkanes of at least 4 members (excludes halogenated alkanes) is 5. The molecule has 1 saturated heterocycles. The summed E-state index contributed by atoms with van der Waals surface area (Å²) in [7, 11) is 0. The van der Waals surface area contributed by atoms with Gasteiger partial charge in [0.2, 0.25) is 0 Å². The molecule has 1 aliphatic rings. The van der Waals surface area contributed by atoms with Gasteiger partial charge in [0.05, 0.1) is 6.61 Å². The van der Waals surface area contributed by atoms with Crippen LogP contribution in [0.5, 0.6) is 0 Å².